The van der Waals surface area contributed by atoms with Crippen molar-refractivity contribution in [2.24, 2.45) is 11.7 Å². The number of morpholine rings is 1. The van der Waals surface area contributed by atoms with E-state index in [9.17, 15) is 0 Å². The average Bonchev–Trinajstić information content (AvgIpc) is 2.73. The molecule has 1 aliphatic heterocycles. The van der Waals surface area contributed by atoms with Crippen LogP contribution in [0.25, 0.3) is 0 Å². The topological polar surface area (TPSA) is 47.7 Å². The zero-order valence-corrected chi connectivity index (χ0v) is 11.0. The number of hydrogen-bond acceptors (Lipinski definition) is 4. The van der Waals surface area contributed by atoms with Gasteiger partial charge in [-0.2, -0.15) is 0 Å². The summed E-state index contributed by atoms with van der Waals surface area (Å²) >= 11 is 0. The van der Waals surface area contributed by atoms with Crippen LogP contribution in [0.2, 0.25) is 0 Å². The molecule has 1 aliphatic carbocycles. The van der Waals surface area contributed by atoms with Gasteiger partial charge in [-0.25, -0.2) is 0 Å². The summed E-state index contributed by atoms with van der Waals surface area (Å²) in [5, 5.41) is 0. The molecule has 100 valence electrons. The molecule has 0 aromatic rings. The van der Waals surface area contributed by atoms with Gasteiger partial charge in [-0.3, -0.25) is 4.90 Å². The lowest BCUT2D eigenvalue weighted by Crippen LogP contribution is -2.43. The van der Waals surface area contributed by atoms with Gasteiger partial charge in [0.05, 0.1) is 25.4 Å². The van der Waals surface area contributed by atoms with Gasteiger partial charge < -0.3 is 15.2 Å². The normalized spacial score (nSPS) is 35.3. The Kier molecular flexibility index (Phi) is 4.79. The van der Waals surface area contributed by atoms with Crippen LogP contribution in [0.5, 0.6) is 0 Å². The van der Waals surface area contributed by atoms with Crippen molar-refractivity contribution in [1.82, 2.24) is 4.90 Å². The smallest absolute Gasteiger partial charge is 0.0807 e. The third-order valence-corrected chi connectivity index (χ3v) is 4.10. The van der Waals surface area contributed by atoms with Crippen LogP contribution in [0.15, 0.2) is 0 Å². The fraction of sp³-hybridized carbons (Fsp3) is 1.00. The SMILES string of the molecule is CC1CCC(CN)(OCCN2CCOCC2)C1. The summed E-state index contributed by atoms with van der Waals surface area (Å²) in [6, 6.07) is 0. The highest BCUT2D eigenvalue weighted by atomic mass is 16.5. The Labute approximate surface area is 104 Å². The minimum Gasteiger partial charge on any atom is -0.379 e. The van der Waals surface area contributed by atoms with Gasteiger partial charge in [-0.15, -0.1) is 0 Å². The predicted octanol–water partition coefficient (Wildman–Crippen LogP) is 0.853. The number of ether oxygens (including phenoxy) is 2. The molecule has 0 aromatic carbocycles. The highest BCUT2D eigenvalue weighted by Crippen LogP contribution is 2.36. The lowest BCUT2D eigenvalue weighted by molar-refractivity contribution is -0.0522. The second kappa shape index (κ2) is 6.14. The van der Waals surface area contributed by atoms with Crippen LogP contribution < -0.4 is 5.73 Å². The molecule has 2 unspecified atom stereocenters. The number of nitrogens with two attached hydrogens (primary N) is 1. The van der Waals surface area contributed by atoms with E-state index in [0.29, 0.717) is 6.54 Å². The van der Waals surface area contributed by atoms with E-state index >= 15 is 0 Å². The average molecular weight is 242 g/mol. The van der Waals surface area contributed by atoms with Crippen LogP contribution >= 0.6 is 0 Å². The van der Waals surface area contributed by atoms with Gasteiger partial charge in [0, 0.05) is 26.2 Å². The molecule has 0 aromatic heterocycles. The van der Waals surface area contributed by atoms with Crippen LogP contribution in [-0.2, 0) is 9.47 Å². The predicted molar refractivity (Wildman–Crippen MR) is 68.0 cm³/mol. The minimum absolute atomic E-state index is 0.0221. The molecule has 0 bridgehead atoms. The Bertz CT molecular complexity index is 231. The maximum atomic E-state index is 6.11. The van der Waals surface area contributed by atoms with E-state index in [0.717, 1.165) is 58.2 Å². The first kappa shape index (κ1) is 13.3. The molecule has 4 heteroatoms. The van der Waals surface area contributed by atoms with E-state index in [2.05, 4.69) is 11.8 Å². The second-order valence-corrected chi connectivity index (χ2v) is 5.54. The van der Waals surface area contributed by atoms with Gasteiger partial charge in [0.25, 0.3) is 0 Å². The Morgan fingerprint density at radius 2 is 2.18 bits per heavy atom. The van der Waals surface area contributed by atoms with Gasteiger partial charge in [-0.05, 0) is 25.2 Å². The Morgan fingerprint density at radius 3 is 2.76 bits per heavy atom. The molecule has 0 amide bonds. The zero-order valence-electron chi connectivity index (χ0n) is 11.0. The van der Waals surface area contributed by atoms with Gasteiger partial charge in [0.2, 0.25) is 0 Å². The molecule has 2 N–H and O–H groups in total. The van der Waals surface area contributed by atoms with Crippen LogP contribution in [-0.4, -0.2) is 56.5 Å². The monoisotopic (exact) mass is 242 g/mol. The van der Waals surface area contributed by atoms with Crippen molar-refractivity contribution in [2.75, 3.05) is 46.0 Å². The second-order valence-electron chi connectivity index (χ2n) is 5.54. The van der Waals surface area contributed by atoms with E-state index in [1.54, 1.807) is 0 Å². The quantitative estimate of drug-likeness (QED) is 0.776. The van der Waals surface area contributed by atoms with Crippen molar-refractivity contribution in [3.63, 3.8) is 0 Å². The molecule has 2 fully saturated rings. The van der Waals surface area contributed by atoms with E-state index in [1.807, 2.05) is 0 Å². The van der Waals surface area contributed by atoms with Crippen LogP contribution in [0, 0.1) is 5.92 Å². The number of hydrogen-bond donors (Lipinski definition) is 1. The summed E-state index contributed by atoms with van der Waals surface area (Å²) in [6.07, 6.45) is 3.52. The van der Waals surface area contributed by atoms with Gasteiger partial charge >= 0.3 is 0 Å². The van der Waals surface area contributed by atoms with E-state index in [-0.39, 0.29) is 5.60 Å². The Hall–Kier alpha value is -0.160. The van der Waals surface area contributed by atoms with Crippen molar-refractivity contribution >= 4 is 0 Å². The first-order valence-electron chi connectivity index (χ1n) is 6.88. The van der Waals surface area contributed by atoms with Crippen molar-refractivity contribution in [2.45, 2.75) is 31.8 Å². The summed E-state index contributed by atoms with van der Waals surface area (Å²) in [5.74, 6) is 0.766. The van der Waals surface area contributed by atoms with Crippen LogP contribution in [0.1, 0.15) is 26.2 Å². The van der Waals surface area contributed by atoms with Crippen molar-refractivity contribution in [3.8, 4) is 0 Å². The summed E-state index contributed by atoms with van der Waals surface area (Å²) in [4.78, 5) is 2.41. The Morgan fingerprint density at radius 1 is 1.41 bits per heavy atom. The van der Waals surface area contributed by atoms with Crippen LogP contribution in [0.4, 0.5) is 0 Å². The van der Waals surface area contributed by atoms with Gasteiger partial charge in [-0.1, -0.05) is 6.92 Å². The highest BCUT2D eigenvalue weighted by Gasteiger charge is 2.37. The third kappa shape index (κ3) is 3.65. The zero-order chi connectivity index (χ0) is 12.1. The van der Waals surface area contributed by atoms with E-state index < -0.39 is 0 Å². The first-order valence-corrected chi connectivity index (χ1v) is 6.88. The molecule has 2 rings (SSSR count). The number of nitrogens with zero attached hydrogens (tertiary/aromatic N) is 1. The molecule has 0 spiro atoms. The first-order chi connectivity index (χ1) is 8.24. The van der Waals surface area contributed by atoms with Crippen molar-refractivity contribution in [1.29, 1.82) is 0 Å². The standard InChI is InChI=1S/C13H26N2O2/c1-12-2-3-13(10-12,11-14)17-9-6-15-4-7-16-8-5-15/h12H,2-11,14H2,1H3. The molecular formula is C13H26N2O2. The summed E-state index contributed by atoms with van der Waals surface area (Å²) in [6.45, 7) is 8.58. The molecule has 1 saturated heterocycles. The molecule has 17 heavy (non-hydrogen) atoms. The third-order valence-electron chi connectivity index (χ3n) is 4.10. The van der Waals surface area contributed by atoms with Crippen molar-refractivity contribution < 1.29 is 9.47 Å². The van der Waals surface area contributed by atoms with Crippen molar-refractivity contribution in [3.05, 3.63) is 0 Å². The van der Waals surface area contributed by atoms with Gasteiger partial charge in [0.15, 0.2) is 0 Å². The minimum atomic E-state index is -0.0221. The maximum absolute atomic E-state index is 6.11. The highest BCUT2D eigenvalue weighted by molar-refractivity contribution is 4.90. The molecule has 1 saturated carbocycles. The van der Waals surface area contributed by atoms with E-state index in [4.69, 9.17) is 15.2 Å². The molecule has 1 heterocycles. The lowest BCUT2D eigenvalue weighted by Gasteiger charge is -2.31. The maximum Gasteiger partial charge on any atom is 0.0807 e. The summed E-state index contributed by atoms with van der Waals surface area (Å²) < 4.78 is 11.4. The fourth-order valence-corrected chi connectivity index (χ4v) is 2.94. The van der Waals surface area contributed by atoms with Crippen LogP contribution in [0.3, 0.4) is 0 Å². The van der Waals surface area contributed by atoms with E-state index in [1.165, 1.54) is 6.42 Å². The largest absolute Gasteiger partial charge is 0.379 e. The lowest BCUT2D eigenvalue weighted by atomic mass is 10.0. The molecule has 0 radical (unpaired) electrons. The Balaban J connectivity index is 1.69. The molecule has 4 nitrogen and oxygen atoms in total. The molecular weight excluding hydrogens is 216 g/mol. The number of rotatable bonds is 5. The summed E-state index contributed by atoms with van der Waals surface area (Å²) in [5.41, 5.74) is 5.87. The molecule has 2 aliphatic rings. The summed E-state index contributed by atoms with van der Waals surface area (Å²) in [7, 11) is 0. The molecule has 2 atom stereocenters. The fourth-order valence-electron chi connectivity index (χ4n) is 2.94. The van der Waals surface area contributed by atoms with Gasteiger partial charge in [0.1, 0.15) is 0 Å².